The fourth-order valence-corrected chi connectivity index (χ4v) is 1.45. The van der Waals surface area contributed by atoms with Gasteiger partial charge in [-0.2, -0.15) is 0 Å². The normalized spacial score (nSPS) is 10.2. The summed E-state index contributed by atoms with van der Waals surface area (Å²) in [5.74, 6) is -0.280. The Labute approximate surface area is 91.2 Å². The van der Waals surface area contributed by atoms with E-state index in [2.05, 4.69) is 0 Å². The van der Waals surface area contributed by atoms with Crippen molar-refractivity contribution in [2.24, 2.45) is 0 Å². The number of aromatic nitrogens is 1. The number of rotatable bonds is 1. The lowest BCUT2D eigenvalue weighted by Gasteiger charge is -2.06. The third kappa shape index (κ3) is 2.02. The number of hydrogen-bond acceptors (Lipinski definition) is 2. The molecule has 0 unspecified atom stereocenters. The molecule has 4 heteroatoms. The summed E-state index contributed by atoms with van der Waals surface area (Å²) in [7, 11) is 0. The first-order valence-electron chi connectivity index (χ1n) is 4.34. The van der Waals surface area contributed by atoms with Gasteiger partial charge in [0.25, 0.3) is 0 Å². The Morgan fingerprint density at radius 2 is 2.07 bits per heavy atom. The molecule has 0 aliphatic carbocycles. The fraction of sp³-hybridized carbons (Fsp3) is 0. The van der Waals surface area contributed by atoms with E-state index < -0.39 is 5.43 Å². The van der Waals surface area contributed by atoms with Gasteiger partial charge in [-0.15, -0.1) is 0 Å². The Hall–Kier alpha value is -1.74. The van der Waals surface area contributed by atoms with E-state index in [0.717, 1.165) is 5.69 Å². The van der Waals surface area contributed by atoms with Gasteiger partial charge in [-0.3, -0.25) is 4.79 Å². The van der Waals surface area contributed by atoms with Crippen molar-refractivity contribution in [2.45, 2.75) is 0 Å². The molecule has 76 valence electrons. The summed E-state index contributed by atoms with van der Waals surface area (Å²) >= 11 is 5.83. The van der Waals surface area contributed by atoms with Crippen molar-refractivity contribution < 1.29 is 5.11 Å². The van der Waals surface area contributed by atoms with Gasteiger partial charge in [-0.1, -0.05) is 17.7 Å². The van der Waals surface area contributed by atoms with Crippen molar-refractivity contribution >= 4 is 11.6 Å². The van der Waals surface area contributed by atoms with Gasteiger partial charge in [0.2, 0.25) is 5.43 Å². The number of pyridine rings is 1. The molecular formula is C11H8ClNO2. The minimum atomic E-state index is -0.395. The predicted octanol–water partition coefficient (Wildman–Crippen LogP) is 2.20. The summed E-state index contributed by atoms with van der Waals surface area (Å²) in [4.78, 5) is 11.0. The molecule has 2 rings (SSSR count). The SMILES string of the molecule is O=c1ccn(-c2cccc(Cl)c2)cc1O. The van der Waals surface area contributed by atoms with E-state index in [1.807, 2.05) is 6.07 Å². The van der Waals surface area contributed by atoms with Gasteiger partial charge in [-0.25, -0.2) is 0 Å². The van der Waals surface area contributed by atoms with Crippen molar-refractivity contribution in [3.05, 3.63) is 58.0 Å². The van der Waals surface area contributed by atoms with E-state index in [1.165, 1.54) is 12.3 Å². The molecule has 0 aliphatic heterocycles. The number of halogens is 1. The minimum Gasteiger partial charge on any atom is -0.503 e. The largest absolute Gasteiger partial charge is 0.503 e. The lowest BCUT2D eigenvalue weighted by molar-refractivity contribution is 0.465. The van der Waals surface area contributed by atoms with Crippen LogP contribution in [0.4, 0.5) is 0 Å². The lowest BCUT2D eigenvalue weighted by atomic mass is 10.3. The van der Waals surface area contributed by atoms with Crippen LogP contribution in [-0.4, -0.2) is 9.67 Å². The molecule has 3 nitrogen and oxygen atoms in total. The highest BCUT2D eigenvalue weighted by molar-refractivity contribution is 6.30. The van der Waals surface area contributed by atoms with Crippen LogP contribution < -0.4 is 5.43 Å². The van der Waals surface area contributed by atoms with Crippen LogP contribution in [0.2, 0.25) is 5.02 Å². The highest BCUT2D eigenvalue weighted by Gasteiger charge is 1.99. The molecule has 1 heterocycles. The highest BCUT2D eigenvalue weighted by Crippen LogP contribution is 2.15. The van der Waals surface area contributed by atoms with Crippen molar-refractivity contribution in [1.82, 2.24) is 4.57 Å². The van der Waals surface area contributed by atoms with Gasteiger partial charge in [0, 0.05) is 23.0 Å². The van der Waals surface area contributed by atoms with E-state index in [1.54, 1.807) is 29.0 Å². The Morgan fingerprint density at radius 1 is 1.27 bits per heavy atom. The van der Waals surface area contributed by atoms with E-state index in [0.29, 0.717) is 5.02 Å². The van der Waals surface area contributed by atoms with E-state index >= 15 is 0 Å². The third-order valence-corrected chi connectivity index (χ3v) is 2.24. The Bertz CT molecular complexity index is 548. The molecule has 0 saturated carbocycles. The van der Waals surface area contributed by atoms with E-state index in [4.69, 9.17) is 11.6 Å². The first-order chi connectivity index (χ1) is 7.16. The van der Waals surface area contributed by atoms with Gasteiger partial charge in [0.15, 0.2) is 5.75 Å². The topological polar surface area (TPSA) is 42.2 Å². The van der Waals surface area contributed by atoms with Gasteiger partial charge < -0.3 is 9.67 Å². The summed E-state index contributed by atoms with van der Waals surface area (Å²) < 4.78 is 1.63. The maximum Gasteiger partial charge on any atom is 0.223 e. The molecule has 15 heavy (non-hydrogen) atoms. The molecule has 0 amide bonds. The second-order valence-corrected chi connectivity index (χ2v) is 3.52. The summed E-state index contributed by atoms with van der Waals surface area (Å²) in [5.41, 5.74) is 0.395. The molecule has 0 atom stereocenters. The average Bonchev–Trinajstić information content (AvgIpc) is 2.22. The van der Waals surface area contributed by atoms with Crippen LogP contribution in [0.3, 0.4) is 0 Å². The van der Waals surface area contributed by atoms with Crippen molar-refractivity contribution in [2.75, 3.05) is 0 Å². The third-order valence-electron chi connectivity index (χ3n) is 2.01. The molecule has 2 aromatic rings. The first-order valence-corrected chi connectivity index (χ1v) is 4.72. The van der Waals surface area contributed by atoms with Crippen LogP contribution in [0.25, 0.3) is 5.69 Å². The second-order valence-electron chi connectivity index (χ2n) is 3.08. The number of benzene rings is 1. The monoisotopic (exact) mass is 221 g/mol. The van der Waals surface area contributed by atoms with Crippen LogP contribution in [0.1, 0.15) is 0 Å². The number of hydrogen-bond donors (Lipinski definition) is 1. The summed E-state index contributed by atoms with van der Waals surface area (Å²) in [5, 5.41) is 9.87. The molecule has 0 saturated heterocycles. The van der Waals surface area contributed by atoms with Crippen molar-refractivity contribution in [3.63, 3.8) is 0 Å². The van der Waals surface area contributed by atoms with Crippen LogP contribution in [-0.2, 0) is 0 Å². The minimum absolute atomic E-state index is 0.280. The lowest BCUT2D eigenvalue weighted by Crippen LogP contribution is -2.03. The fourth-order valence-electron chi connectivity index (χ4n) is 1.27. The Morgan fingerprint density at radius 3 is 2.73 bits per heavy atom. The summed E-state index contributed by atoms with van der Waals surface area (Å²) in [6.45, 7) is 0. The van der Waals surface area contributed by atoms with Gasteiger partial charge in [-0.05, 0) is 18.2 Å². The van der Waals surface area contributed by atoms with E-state index in [-0.39, 0.29) is 5.75 Å². The molecule has 1 aromatic heterocycles. The number of aromatic hydroxyl groups is 1. The van der Waals surface area contributed by atoms with Crippen molar-refractivity contribution in [1.29, 1.82) is 0 Å². The smallest absolute Gasteiger partial charge is 0.223 e. The van der Waals surface area contributed by atoms with Gasteiger partial charge >= 0.3 is 0 Å². The zero-order chi connectivity index (χ0) is 10.8. The number of nitrogens with zero attached hydrogens (tertiary/aromatic N) is 1. The Balaban J connectivity index is 2.55. The zero-order valence-electron chi connectivity index (χ0n) is 7.72. The van der Waals surface area contributed by atoms with E-state index in [9.17, 15) is 9.90 Å². The molecular weight excluding hydrogens is 214 g/mol. The molecule has 1 N–H and O–H groups in total. The molecule has 1 aromatic carbocycles. The molecule has 0 fully saturated rings. The summed E-state index contributed by atoms with van der Waals surface area (Å²) in [6, 6.07) is 8.43. The van der Waals surface area contributed by atoms with Gasteiger partial charge in [0.05, 0.1) is 6.20 Å². The Kier molecular flexibility index (Phi) is 2.47. The quantitative estimate of drug-likeness (QED) is 0.802. The average molecular weight is 222 g/mol. The van der Waals surface area contributed by atoms with Crippen LogP contribution in [0, 0.1) is 0 Å². The molecule has 0 radical (unpaired) electrons. The van der Waals surface area contributed by atoms with Crippen LogP contribution >= 0.6 is 11.6 Å². The van der Waals surface area contributed by atoms with Crippen LogP contribution in [0.5, 0.6) is 5.75 Å². The van der Waals surface area contributed by atoms with Crippen molar-refractivity contribution in [3.8, 4) is 11.4 Å². The second kappa shape index (κ2) is 3.79. The standard InChI is InChI=1S/C11H8ClNO2/c12-8-2-1-3-9(6-8)13-5-4-10(14)11(15)7-13/h1-7,15H. The summed E-state index contributed by atoms with van der Waals surface area (Å²) in [6.07, 6.45) is 2.93. The zero-order valence-corrected chi connectivity index (χ0v) is 8.48. The van der Waals surface area contributed by atoms with Gasteiger partial charge in [0.1, 0.15) is 0 Å². The predicted molar refractivity (Wildman–Crippen MR) is 58.7 cm³/mol. The van der Waals surface area contributed by atoms with Crippen LogP contribution in [0.15, 0.2) is 47.5 Å². The molecule has 0 bridgehead atoms. The highest BCUT2D eigenvalue weighted by atomic mass is 35.5. The first kappa shape index (κ1) is 9.80. The molecule has 0 aliphatic rings. The molecule has 0 spiro atoms. The maximum absolute atomic E-state index is 11.0. The maximum atomic E-state index is 11.0.